The lowest BCUT2D eigenvalue weighted by Gasteiger charge is -2.21. The highest BCUT2D eigenvalue weighted by Crippen LogP contribution is 2.45. The van der Waals surface area contributed by atoms with E-state index in [9.17, 15) is 43.2 Å². The molecule has 0 aliphatic rings. The van der Waals surface area contributed by atoms with Crippen LogP contribution in [0.2, 0.25) is 0 Å². The highest BCUT2D eigenvalue weighted by atomic mass is 31.2. The van der Waals surface area contributed by atoms with Gasteiger partial charge in [-0.1, -0.05) is 292 Å². The molecule has 17 nitrogen and oxygen atoms in total. The van der Waals surface area contributed by atoms with Gasteiger partial charge in [0.05, 0.1) is 26.4 Å². The first-order valence-corrected chi connectivity index (χ1v) is 38.5. The van der Waals surface area contributed by atoms with E-state index < -0.39 is 97.5 Å². The van der Waals surface area contributed by atoms with Gasteiger partial charge in [-0.2, -0.15) is 0 Å². The number of hydrogen-bond donors (Lipinski definition) is 3. The van der Waals surface area contributed by atoms with E-state index in [0.717, 1.165) is 102 Å². The maximum absolute atomic E-state index is 13.0. The third-order valence-electron chi connectivity index (χ3n) is 15.7. The molecule has 19 heteroatoms. The summed E-state index contributed by atoms with van der Waals surface area (Å²) >= 11 is 0. The number of hydrogen-bond acceptors (Lipinski definition) is 15. The van der Waals surface area contributed by atoms with Crippen molar-refractivity contribution in [2.45, 2.75) is 362 Å². The highest BCUT2D eigenvalue weighted by molar-refractivity contribution is 7.47. The van der Waals surface area contributed by atoms with Crippen LogP contribution in [-0.4, -0.2) is 96.7 Å². The lowest BCUT2D eigenvalue weighted by molar-refractivity contribution is -0.161. The minimum Gasteiger partial charge on any atom is -0.462 e. The second-order valence-corrected chi connectivity index (χ2v) is 28.4. The molecule has 0 rings (SSSR count). The van der Waals surface area contributed by atoms with Crippen LogP contribution >= 0.6 is 15.6 Å². The largest absolute Gasteiger partial charge is 0.472 e. The van der Waals surface area contributed by atoms with Gasteiger partial charge in [-0.3, -0.25) is 37.3 Å². The molecule has 2 unspecified atom stereocenters. The zero-order valence-corrected chi connectivity index (χ0v) is 58.1. The minimum absolute atomic E-state index is 0.105. The van der Waals surface area contributed by atoms with Gasteiger partial charge in [0, 0.05) is 25.7 Å². The molecule has 0 aromatic heterocycles. The van der Waals surface area contributed by atoms with Gasteiger partial charge in [-0.05, 0) is 37.5 Å². The van der Waals surface area contributed by atoms with Gasteiger partial charge in [0.1, 0.15) is 19.3 Å². The fourth-order valence-corrected chi connectivity index (χ4v) is 11.8. The summed E-state index contributed by atoms with van der Waals surface area (Å²) in [6.07, 6.45) is 44.3. The standard InChI is InChI=1S/C68H132O17P2/c1-7-9-11-13-15-17-19-21-27-34-40-46-52-67(72)84-63(56-78-65(70)50-44-38-32-26-20-18-16-14-12-10-8-2)58-82-86(74,75)80-54-62(69)55-81-87(76,77)83-59-64(85-68(73)53-47-41-35-29-23-25-31-37-43-49-61(5)6)57-79-66(71)51-45-39-33-28-22-24-30-36-42-48-60(3)4/h60-64,69H,7-59H2,1-6H3,(H,74,75)(H,76,77)/t62-,63+,64+/m0/s1. The molecule has 0 fully saturated rings. The Morgan fingerprint density at radius 3 is 0.782 bits per heavy atom. The third-order valence-corrected chi connectivity index (χ3v) is 17.6. The Hall–Kier alpha value is -1.94. The molecule has 0 saturated carbocycles. The molecule has 87 heavy (non-hydrogen) atoms. The Bertz CT molecular complexity index is 1700. The van der Waals surface area contributed by atoms with E-state index >= 15 is 0 Å². The zero-order chi connectivity index (χ0) is 64.3. The van der Waals surface area contributed by atoms with Crippen LogP contribution in [0.1, 0.15) is 343 Å². The molecular weight excluding hydrogens is 1150 g/mol. The van der Waals surface area contributed by atoms with Crippen molar-refractivity contribution in [3.8, 4) is 0 Å². The summed E-state index contributed by atoms with van der Waals surface area (Å²) in [6.45, 7) is 9.49. The van der Waals surface area contributed by atoms with Crippen LogP contribution < -0.4 is 0 Å². The molecule has 0 bridgehead atoms. The van der Waals surface area contributed by atoms with Crippen molar-refractivity contribution in [3.05, 3.63) is 0 Å². The number of phosphoric ester groups is 2. The molecule has 0 amide bonds. The number of carbonyl (C=O) groups excluding carboxylic acids is 4. The molecule has 0 aliphatic carbocycles. The lowest BCUT2D eigenvalue weighted by Crippen LogP contribution is -2.30. The molecule has 516 valence electrons. The first kappa shape index (κ1) is 85.1. The van der Waals surface area contributed by atoms with Crippen molar-refractivity contribution in [1.82, 2.24) is 0 Å². The van der Waals surface area contributed by atoms with E-state index in [0.29, 0.717) is 25.7 Å². The van der Waals surface area contributed by atoms with Crippen LogP contribution in [0, 0.1) is 11.8 Å². The van der Waals surface area contributed by atoms with E-state index in [2.05, 4.69) is 41.5 Å². The van der Waals surface area contributed by atoms with Crippen LogP contribution in [-0.2, 0) is 65.4 Å². The van der Waals surface area contributed by atoms with Gasteiger partial charge in [0.15, 0.2) is 12.2 Å². The molecule has 0 spiro atoms. The second kappa shape index (κ2) is 60.3. The average molecular weight is 1280 g/mol. The predicted octanol–water partition coefficient (Wildman–Crippen LogP) is 19.2. The Morgan fingerprint density at radius 1 is 0.310 bits per heavy atom. The summed E-state index contributed by atoms with van der Waals surface area (Å²) in [7, 11) is -9.89. The SMILES string of the molecule is CCCCCCCCCCCCCCC(=O)O[C@H](COC(=O)CCCCCCCCCCCCC)COP(=O)(O)OC[C@H](O)COP(=O)(O)OC[C@@H](COC(=O)CCCCCCCCCCCC(C)C)OC(=O)CCCCCCCCCCCC(C)C. The fraction of sp³-hybridized carbons (Fsp3) is 0.941. The number of aliphatic hydroxyl groups excluding tert-OH is 1. The lowest BCUT2D eigenvalue weighted by atomic mass is 10.0. The van der Waals surface area contributed by atoms with Crippen molar-refractivity contribution in [1.29, 1.82) is 0 Å². The maximum atomic E-state index is 13.0. The number of ether oxygens (including phenoxy) is 4. The third kappa shape index (κ3) is 62.6. The summed E-state index contributed by atoms with van der Waals surface area (Å²) in [5.41, 5.74) is 0. The van der Waals surface area contributed by atoms with Crippen molar-refractivity contribution in [2.24, 2.45) is 11.8 Å². The molecule has 0 heterocycles. The van der Waals surface area contributed by atoms with Crippen molar-refractivity contribution < 1.29 is 80.2 Å². The van der Waals surface area contributed by atoms with Crippen LogP contribution in [0.5, 0.6) is 0 Å². The van der Waals surface area contributed by atoms with E-state index in [-0.39, 0.29) is 25.7 Å². The zero-order valence-electron chi connectivity index (χ0n) is 56.3. The molecule has 0 aromatic rings. The van der Waals surface area contributed by atoms with E-state index in [1.807, 2.05) is 0 Å². The minimum atomic E-state index is -4.95. The average Bonchev–Trinajstić information content (AvgIpc) is 3.68. The van der Waals surface area contributed by atoms with Gasteiger partial charge in [-0.25, -0.2) is 9.13 Å². The van der Waals surface area contributed by atoms with Crippen LogP contribution in [0.15, 0.2) is 0 Å². The van der Waals surface area contributed by atoms with Crippen molar-refractivity contribution in [3.63, 3.8) is 0 Å². The monoisotopic (exact) mass is 1280 g/mol. The molecule has 0 radical (unpaired) electrons. The van der Waals surface area contributed by atoms with Gasteiger partial charge >= 0.3 is 39.5 Å². The van der Waals surface area contributed by atoms with Crippen molar-refractivity contribution >= 4 is 39.5 Å². The normalized spacial score (nSPS) is 14.2. The fourth-order valence-electron chi connectivity index (χ4n) is 10.2. The number of phosphoric acid groups is 2. The number of unbranched alkanes of at least 4 members (excludes halogenated alkanes) is 37. The molecule has 3 N–H and O–H groups in total. The van der Waals surface area contributed by atoms with Gasteiger partial charge in [0.25, 0.3) is 0 Å². The second-order valence-electron chi connectivity index (χ2n) is 25.5. The maximum Gasteiger partial charge on any atom is 0.472 e. The summed E-state index contributed by atoms with van der Waals surface area (Å²) < 4.78 is 68.2. The molecule has 0 aliphatic heterocycles. The first-order chi connectivity index (χ1) is 41.9. The topological polar surface area (TPSA) is 237 Å². The number of esters is 4. The predicted molar refractivity (Wildman–Crippen MR) is 349 cm³/mol. The van der Waals surface area contributed by atoms with Crippen LogP contribution in [0.4, 0.5) is 0 Å². The van der Waals surface area contributed by atoms with Crippen LogP contribution in [0.25, 0.3) is 0 Å². The van der Waals surface area contributed by atoms with Gasteiger partial charge in [0.2, 0.25) is 0 Å². The van der Waals surface area contributed by atoms with Gasteiger partial charge in [-0.15, -0.1) is 0 Å². The van der Waals surface area contributed by atoms with Crippen molar-refractivity contribution in [2.75, 3.05) is 39.6 Å². The Labute approximate surface area is 530 Å². The number of aliphatic hydroxyl groups is 1. The molecule has 5 atom stereocenters. The Balaban J connectivity index is 5.26. The molecular formula is C68H132O17P2. The Morgan fingerprint density at radius 2 is 0.529 bits per heavy atom. The highest BCUT2D eigenvalue weighted by Gasteiger charge is 2.30. The van der Waals surface area contributed by atoms with E-state index in [4.69, 9.17) is 37.0 Å². The quantitative estimate of drug-likeness (QED) is 0.0222. The van der Waals surface area contributed by atoms with Crippen LogP contribution in [0.3, 0.4) is 0 Å². The molecule has 0 aromatic carbocycles. The Kier molecular flexibility index (Phi) is 59.0. The van der Waals surface area contributed by atoms with E-state index in [1.165, 1.54) is 161 Å². The van der Waals surface area contributed by atoms with Gasteiger partial charge < -0.3 is 33.8 Å². The molecule has 0 saturated heterocycles. The first-order valence-electron chi connectivity index (χ1n) is 35.5. The number of carbonyl (C=O) groups is 4. The number of rotatable bonds is 67. The van der Waals surface area contributed by atoms with E-state index in [1.54, 1.807) is 0 Å². The smallest absolute Gasteiger partial charge is 0.462 e. The summed E-state index contributed by atoms with van der Waals surface area (Å²) in [4.78, 5) is 72.4. The summed E-state index contributed by atoms with van der Waals surface area (Å²) in [5.74, 6) is -0.646. The summed E-state index contributed by atoms with van der Waals surface area (Å²) in [6, 6.07) is 0. The summed E-state index contributed by atoms with van der Waals surface area (Å²) in [5, 5.41) is 10.6.